The SMILES string of the molecule is O=C([O-])[C@@H](N=C(c1ccccc1)c1ccccc1N=C([O-])[C@@H]1CCCN1Cc1ccccc1)[C@@H]1c2ccccc2CCN1c1ccc(Cl)cc1.[Ni+2]. The molecule has 0 saturated carbocycles. The van der Waals surface area contributed by atoms with Gasteiger partial charge >= 0.3 is 16.5 Å². The second-order valence-corrected chi connectivity index (χ2v) is 13.2. The normalized spacial score (nSPS) is 18.5. The molecule has 0 amide bonds. The van der Waals surface area contributed by atoms with Crippen LogP contribution in [0.1, 0.15) is 46.7 Å². The van der Waals surface area contributed by atoms with Gasteiger partial charge in [0.25, 0.3) is 0 Å². The van der Waals surface area contributed by atoms with Crippen molar-refractivity contribution in [1.29, 1.82) is 0 Å². The van der Waals surface area contributed by atoms with E-state index < -0.39 is 18.1 Å². The van der Waals surface area contributed by atoms with Gasteiger partial charge in [-0.3, -0.25) is 14.9 Å². The Balaban J connectivity index is 0.00000448. The summed E-state index contributed by atoms with van der Waals surface area (Å²) in [5.41, 5.74) is 6.11. The number of hydrogen-bond donors (Lipinski definition) is 0. The number of carboxylic acid groups (broad SMARTS) is 1. The summed E-state index contributed by atoms with van der Waals surface area (Å²) in [6, 6.07) is 40.0. The first-order valence-corrected chi connectivity index (χ1v) is 17.4. The maximum absolute atomic E-state index is 13.9. The average Bonchev–Trinajstić information content (AvgIpc) is 3.61. The molecule has 7 nitrogen and oxygen atoms in total. The molecule has 2 aliphatic heterocycles. The molecule has 0 N–H and O–H groups in total. The second kappa shape index (κ2) is 16.5. The van der Waals surface area contributed by atoms with Gasteiger partial charge < -0.3 is 19.9 Å². The molecule has 3 atom stereocenters. The van der Waals surface area contributed by atoms with Crippen molar-refractivity contribution in [2.75, 3.05) is 18.0 Å². The Labute approximate surface area is 313 Å². The van der Waals surface area contributed by atoms with Crippen LogP contribution in [0.2, 0.25) is 5.02 Å². The molecule has 1 fully saturated rings. The fraction of sp³-hybridized carbons (Fsp3) is 0.214. The van der Waals surface area contributed by atoms with Crippen LogP contribution in [0.4, 0.5) is 11.4 Å². The quantitative estimate of drug-likeness (QED) is 0.0974. The first-order valence-electron chi connectivity index (χ1n) is 17.0. The zero-order valence-corrected chi connectivity index (χ0v) is 29.6. The Morgan fingerprint density at radius 2 is 1.47 bits per heavy atom. The van der Waals surface area contributed by atoms with Gasteiger partial charge in [-0.2, -0.15) is 0 Å². The number of aliphatic imine (C=N–C) groups is 2. The molecule has 9 heteroatoms. The number of likely N-dealkylation sites (tertiary alicyclic amines) is 1. The molecule has 2 heterocycles. The Morgan fingerprint density at radius 1 is 0.804 bits per heavy atom. The molecule has 0 radical (unpaired) electrons. The fourth-order valence-electron chi connectivity index (χ4n) is 7.23. The molecular formula is C42H37ClN4NiO3. The van der Waals surface area contributed by atoms with Crippen molar-refractivity contribution < 1.29 is 31.5 Å². The van der Waals surface area contributed by atoms with Crippen LogP contribution in [0.5, 0.6) is 0 Å². The summed E-state index contributed by atoms with van der Waals surface area (Å²) in [6.45, 7) is 2.08. The van der Waals surface area contributed by atoms with Gasteiger partial charge in [0.2, 0.25) is 0 Å². The minimum absolute atomic E-state index is 0. The topological polar surface area (TPSA) is 94.4 Å². The number of nitrogens with zero attached hydrogens (tertiary/aromatic N) is 4. The standard InChI is InChI=1S/C42H39ClN4O3.Ni/c43-32-21-23-33(24-22-32)47-27-25-30-14-7-8-17-34(30)40(47)39(42(49)50)45-38(31-15-5-2-6-16-31)35-18-9-10-19-36(35)44-41(48)37-20-11-26-46(37)28-29-12-3-1-4-13-29;/h1-10,12-19,21-24,37,39-40H,11,20,25-28H2,(H,44,48)(H,49,50);/q;+2/p-2/t37-,39-,40-;/m0./s1. The number of carbonyl (C=O) groups excluding carboxylic acids is 1. The minimum Gasteiger partial charge on any atom is -0.861 e. The molecule has 2 aliphatic rings. The second-order valence-electron chi connectivity index (χ2n) is 12.8. The van der Waals surface area contributed by atoms with Crippen molar-refractivity contribution in [2.45, 2.75) is 43.9 Å². The zero-order chi connectivity index (χ0) is 34.5. The number of halogens is 1. The molecule has 0 spiro atoms. The van der Waals surface area contributed by atoms with Gasteiger partial charge in [0.15, 0.2) is 0 Å². The zero-order valence-electron chi connectivity index (χ0n) is 27.9. The summed E-state index contributed by atoms with van der Waals surface area (Å²) in [4.78, 5) is 27.4. The first-order chi connectivity index (χ1) is 24.5. The van der Waals surface area contributed by atoms with E-state index >= 15 is 0 Å². The number of anilines is 1. The van der Waals surface area contributed by atoms with Gasteiger partial charge in [-0.1, -0.05) is 115 Å². The molecule has 5 aromatic rings. The van der Waals surface area contributed by atoms with Crippen LogP contribution >= 0.6 is 11.6 Å². The van der Waals surface area contributed by atoms with Crippen molar-refractivity contribution in [3.63, 3.8) is 0 Å². The Morgan fingerprint density at radius 3 is 2.22 bits per heavy atom. The van der Waals surface area contributed by atoms with Gasteiger partial charge in [0, 0.05) is 41.0 Å². The Hall–Kier alpha value is -4.75. The molecule has 0 unspecified atom stereocenters. The Kier molecular flexibility index (Phi) is 11.7. The summed E-state index contributed by atoms with van der Waals surface area (Å²) in [5.74, 6) is -1.52. The maximum atomic E-state index is 13.9. The van der Waals surface area contributed by atoms with E-state index in [1.807, 2.05) is 103 Å². The van der Waals surface area contributed by atoms with Crippen LogP contribution in [0, 0.1) is 0 Å². The van der Waals surface area contributed by atoms with Crippen LogP contribution in [0.25, 0.3) is 0 Å². The van der Waals surface area contributed by atoms with Crippen molar-refractivity contribution in [1.82, 2.24) is 4.90 Å². The fourth-order valence-corrected chi connectivity index (χ4v) is 7.35. The summed E-state index contributed by atoms with van der Waals surface area (Å²) >= 11 is 6.24. The molecular weight excluding hydrogens is 703 g/mol. The van der Waals surface area contributed by atoms with E-state index in [0.29, 0.717) is 40.6 Å². The van der Waals surface area contributed by atoms with Crippen LogP contribution in [-0.4, -0.2) is 47.7 Å². The molecule has 5 aromatic carbocycles. The monoisotopic (exact) mass is 738 g/mol. The molecule has 260 valence electrons. The van der Waals surface area contributed by atoms with Crippen molar-refractivity contribution in [3.05, 3.63) is 166 Å². The number of aliphatic carboxylic acids is 1. The van der Waals surface area contributed by atoms with E-state index in [4.69, 9.17) is 21.6 Å². The summed E-state index contributed by atoms with van der Waals surface area (Å²) in [7, 11) is 0. The van der Waals surface area contributed by atoms with Crippen molar-refractivity contribution >= 4 is 40.6 Å². The van der Waals surface area contributed by atoms with E-state index in [1.54, 1.807) is 18.2 Å². The third-order valence-electron chi connectivity index (χ3n) is 9.61. The van der Waals surface area contributed by atoms with Gasteiger partial charge in [0.1, 0.15) is 6.04 Å². The number of fused-ring (bicyclic) bond motifs is 1. The van der Waals surface area contributed by atoms with E-state index in [-0.39, 0.29) is 28.4 Å². The maximum Gasteiger partial charge on any atom is 2.00 e. The smallest absolute Gasteiger partial charge is 0.861 e. The Bertz CT molecular complexity index is 2010. The largest absolute Gasteiger partial charge is 2.00 e. The van der Waals surface area contributed by atoms with Gasteiger partial charge in [0.05, 0.1) is 23.4 Å². The number of rotatable bonds is 10. The van der Waals surface area contributed by atoms with Crippen molar-refractivity contribution in [3.8, 4) is 0 Å². The molecule has 7 rings (SSSR count). The number of carbonyl (C=O) groups is 1. The molecule has 0 aromatic heterocycles. The summed E-state index contributed by atoms with van der Waals surface area (Å²) < 4.78 is 0. The van der Waals surface area contributed by atoms with Crippen LogP contribution < -0.4 is 15.1 Å². The average molecular weight is 740 g/mol. The van der Waals surface area contributed by atoms with Crippen LogP contribution in [0.3, 0.4) is 0 Å². The van der Waals surface area contributed by atoms with Crippen LogP contribution in [-0.2, 0) is 34.3 Å². The predicted octanol–water partition coefficient (Wildman–Crippen LogP) is 6.15. The third kappa shape index (κ3) is 8.10. The third-order valence-corrected chi connectivity index (χ3v) is 9.86. The summed E-state index contributed by atoms with van der Waals surface area (Å²) in [5, 5.41) is 27.8. The number of hydrogen-bond acceptors (Lipinski definition) is 7. The first kappa shape index (κ1) is 36.1. The number of carboxylic acids is 1. The van der Waals surface area contributed by atoms with E-state index in [0.717, 1.165) is 48.2 Å². The van der Waals surface area contributed by atoms with Gasteiger partial charge in [-0.25, -0.2) is 0 Å². The van der Waals surface area contributed by atoms with E-state index in [1.165, 1.54) is 0 Å². The molecule has 1 saturated heterocycles. The van der Waals surface area contributed by atoms with Crippen molar-refractivity contribution in [2.24, 2.45) is 9.98 Å². The van der Waals surface area contributed by atoms with E-state index in [2.05, 4.69) is 21.9 Å². The number of benzene rings is 5. The summed E-state index contributed by atoms with van der Waals surface area (Å²) in [6.07, 6.45) is 2.39. The predicted molar refractivity (Wildman–Crippen MR) is 196 cm³/mol. The van der Waals surface area contributed by atoms with E-state index in [9.17, 15) is 15.0 Å². The molecule has 0 bridgehead atoms. The minimum atomic E-state index is -1.30. The van der Waals surface area contributed by atoms with Gasteiger partial charge in [-0.15, -0.1) is 0 Å². The van der Waals surface area contributed by atoms with Crippen LogP contribution in [0.15, 0.2) is 143 Å². The molecule has 51 heavy (non-hydrogen) atoms. The molecule has 0 aliphatic carbocycles. The van der Waals surface area contributed by atoms with Gasteiger partial charge in [-0.05, 0) is 78.7 Å². The number of para-hydroxylation sites is 1.